The Bertz CT molecular complexity index is 567. The fourth-order valence-corrected chi connectivity index (χ4v) is 4.12. The first-order valence-corrected chi connectivity index (χ1v) is 11.5. The molecule has 29 heavy (non-hydrogen) atoms. The number of esters is 1. The monoisotopic (exact) mass is 403 g/mol. The maximum atomic E-state index is 12.3. The van der Waals surface area contributed by atoms with E-state index < -0.39 is 0 Å². The molecule has 0 saturated carbocycles. The zero-order chi connectivity index (χ0) is 20.9. The van der Waals surface area contributed by atoms with Gasteiger partial charge in [-0.1, -0.05) is 51.1 Å². The molecule has 0 spiro atoms. The van der Waals surface area contributed by atoms with E-state index in [1.54, 1.807) is 0 Å². The SMILES string of the molecule is CCCN1CCN(CC)CCN(C(CC)CCC(=O)OCc2ccccc2)CC1. The molecule has 1 aromatic rings. The first-order valence-electron chi connectivity index (χ1n) is 11.5. The summed E-state index contributed by atoms with van der Waals surface area (Å²) in [4.78, 5) is 20.0. The summed E-state index contributed by atoms with van der Waals surface area (Å²) in [5, 5.41) is 0. The molecule has 0 radical (unpaired) electrons. The van der Waals surface area contributed by atoms with Crippen molar-refractivity contribution < 1.29 is 9.53 Å². The molecule has 0 amide bonds. The number of rotatable bonds is 10. The quantitative estimate of drug-likeness (QED) is 0.558. The summed E-state index contributed by atoms with van der Waals surface area (Å²) in [5.74, 6) is -0.0839. The maximum Gasteiger partial charge on any atom is 0.306 e. The Balaban J connectivity index is 1.85. The summed E-state index contributed by atoms with van der Waals surface area (Å²) in [6.45, 7) is 16.2. The lowest BCUT2D eigenvalue weighted by molar-refractivity contribution is -0.145. The van der Waals surface area contributed by atoms with Crippen molar-refractivity contribution in [2.24, 2.45) is 0 Å². The first kappa shape index (κ1) is 23.8. The number of nitrogens with zero attached hydrogens (tertiary/aromatic N) is 3. The summed E-state index contributed by atoms with van der Waals surface area (Å²) in [6.07, 6.45) is 3.66. The first-order chi connectivity index (χ1) is 14.2. The van der Waals surface area contributed by atoms with Gasteiger partial charge in [-0.15, -0.1) is 0 Å². The van der Waals surface area contributed by atoms with Crippen molar-refractivity contribution in [3.63, 3.8) is 0 Å². The van der Waals surface area contributed by atoms with Crippen LogP contribution in [0, 0.1) is 0 Å². The van der Waals surface area contributed by atoms with Crippen LogP contribution in [0.4, 0.5) is 0 Å². The van der Waals surface area contributed by atoms with Gasteiger partial charge in [-0.2, -0.15) is 0 Å². The normalized spacial score (nSPS) is 18.6. The van der Waals surface area contributed by atoms with Crippen LogP contribution in [0.1, 0.15) is 52.0 Å². The highest BCUT2D eigenvalue weighted by Gasteiger charge is 2.21. The molecule has 1 unspecified atom stereocenters. The number of ether oxygens (including phenoxy) is 1. The van der Waals surface area contributed by atoms with E-state index in [1.165, 1.54) is 13.0 Å². The van der Waals surface area contributed by atoms with Crippen molar-refractivity contribution in [3.05, 3.63) is 35.9 Å². The fraction of sp³-hybridized carbons (Fsp3) is 0.708. The number of hydrogen-bond donors (Lipinski definition) is 0. The minimum Gasteiger partial charge on any atom is -0.461 e. The summed E-state index contributed by atoms with van der Waals surface area (Å²) in [7, 11) is 0. The molecule has 1 saturated heterocycles. The van der Waals surface area contributed by atoms with Crippen molar-refractivity contribution in [1.29, 1.82) is 0 Å². The summed E-state index contributed by atoms with van der Waals surface area (Å²) in [6, 6.07) is 10.4. The Morgan fingerprint density at radius 3 is 2.28 bits per heavy atom. The number of benzene rings is 1. The van der Waals surface area contributed by atoms with Crippen LogP contribution in [-0.2, 0) is 16.1 Å². The van der Waals surface area contributed by atoms with E-state index in [1.807, 2.05) is 30.3 Å². The van der Waals surface area contributed by atoms with E-state index in [0.29, 0.717) is 19.1 Å². The van der Waals surface area contributed by atoms with Gasteiger partial charge in [0.2, 0.25) is 0 Å². The maximum absolute atomic E-state index is 12.3. The Morgan fingerprint density at radius 1 is 0.966 bits per heavy atom. The highest BCUT2D eigenvalue weighted by atomic mass is 16.5. The fourth-order valence-electron chi connectivity index (χ4n) is 4.12. The average Bonchev–Trinajstić information content (AvgIpc) is 2.85. The van der Waals surface area contributed by atoms with Gasteiger partial charge in [0.15, 0.2) is 0 Å². The molecular formula is C24H41N3O2. The van der Waals surface area contributed by atoms with E-state index >= 15 is 0 Å². The van der Waals surface area contributed by atoms with Gasteiger partial charge in [0.05, 0.1) is 0 Å². The molecule has 1 aliphatic rings. The lowest BCUT2D eigenvalue weighted by Crippen LogP contribution is -2.42. The molecule has 5 heteroatoms. The largest absolute Gasteiger partial charge is 0.461 e. The number of hydrogen-bond acceptors (Lipinski definition) is 5. The molecule has 0 bridgehead atoms. The van der Waals surface area contributed by atoms with Crippen molar-refractivity contribution in [1.82, 2.24) is 14.7 Å². The molecule has 2 rings (SSSR count). The van der Waals surface area contributed by atoms with E-state index in [-0.39, 0.29) is 5.97 Å². The van der Waals surface area contributed by atoms with Crippen molar-refractivity contribution in [2.45, 2.75) is 59.1 Å². The van der Waals surface area contributed by atoms with Crippen molar-refractivity contribution in [2.75, 3.05) is 52.4 Å². The molecule has 1 heterocycles. The minimum atomic E-state index is -0.0839. The number of carbonyl (C=O) groups is 1. The van der Waals surface area contributed by atoms with Crippen LogP contribution in [-0.4, -0.2) is 79.1 Å². The van der Waals surface area contributed by atoms with Crippen LogP contribution in [0.5, 0.6) is 0 Å². The molecule has 1 atom stereocenters. The third kappa shape index (κ3) is 8.85. The second kappa shape index (κ2) is 13.7. The van der Waals surface area contributed by atoms with Crippen molar-refractivity contribution in [3.8, 4) is 0 Å². The zero-order valence-electron chi connectivity index (χ0n) is 18.8. The van der Waals surface area contributed by atoms with Gasteiger partial charge in [-0.25, -0.2) is 0 Å². The Kier molecular flexibility index (Phi) is 11.3. The van der Waals surface area contributed by atoms with Gasteiger partial charge >= 0.3 is 5.97 Å². The van der Waals surface area contributed by atoms with Crippen LogP contribution in [0.3, 0.4) is 0 Å². The molecule has 1 aromatic carbocycles. The van der Waals surface area contributed by atoms with E-state index in [4.69, 9.17) is 4.74 Å². The summed E-state index contributed by atoms with van der Waals surface area (Å²) in [5.41, 5.74) is 1.04. The molecule has 0 aliphatic carbocycles. The Labute approximate surface area is 178 Å². The average molecular weight is 404 g/mol. The highest BCUT2D eigenvalue weighted by Crippen LogP contribution is 2.14. The Hall–Kier alpha value is -1.43. The lowest BCUT2D eigenvalue weighted by Gasteiger charge is -2.32. The number of carbonyl (C=O) groups excluding carboxylic acids is 1. The summed E-state index contributed by atoms with van der Waals surface area (Å²) >= 11 is 0. The molecule has 164 valence electrons. The Morgan fingerprint density at radius 2 is 1.62 bits per heavy atom. The predicted molar refractivity (Wildman–Crippen MR) is 120 cm³/mol. The second-order valence-corrected chi connectivity index (χ2v) is 8.06. The number of likely N-dealkylation sites (N-methyl/N-ethyl adjacent to an activating group) is 1. The second-order valence-electron chi connectivity index (χ2n) is 8.06. The van der Waals surface area contributed by atoms with Gasteiger partial charge in [-0.3, -0.25) is 9.69 Å². The minimum absolute atomic E-state index is 0.0839. The van der Waals surface area contributed by atoms with Crippen LogP contribution in [0.2, 0.25) is 0 Å². The molecule has 1 fully saturated rings. The molecule has 1 aliphatic heterocycles. The van der Waals surface area contributed by atoms with Gasteiger partial charge < -0.3 is 14.5 Å². The standard InChI is InChI=1S/C24H41N3O2/c1-4-14-26-16-15-25(6-3)17-19-27(20-18-26)23(5-2)12-13-24(28)29-21-22-10-8-7-9-11-22/h7-11,23H,4-6,12-21H2,1-3H3. The smallest absolute Gasteiger partial charge is 0.306 e. The van der Waals surface area contributed by atoms with Crippen LogP contribution < -0.4 is 0 Å². The van der Waals surface area contributed by atoms with E-state index in [9.17, 15) is 4.79 Å². The van der Waals surface area contributed by atoms with Gasteiger partial charge in [0.1, 0.15) is 6.61 Å². The van der Waals surface area contributed by atoms with E-state index in [2.05, 4.69) is 35.5 Å². The zero-order valence-corrected chi connectivity index (χ0v) is 18.8. The van der Waals surface area contributed by atoms with Gasteiger partial charge in [0, 0.05) is 51.7 Å². The third-order valence-electron chi connectivity index (χ3n) is 6.04. The lowest BCUT2D eigenvalue weighted by atomic mass is 10.1. The third-order valence-corrected chi connectivity index (χ3v) is 6.04. The molecular weight excluding hydrogens is 362 g/mol. The predicted octanol–water partition coefficient (Wildman–Crippen LogP) is 3.64. The summed E-state index contributed by atoms with van der Waals surface area (Å²) < 4.78 is 5.48. The van der Waals surface area contributed by atoms with Crippen LogP contribution in [0.25, 0.3) is 0 Å². The van der Waals surface area contributed by atoms with Crippen LogP contribution >= 0.6 is 0 Å². The van der Waals surface area contributed by atoms with Gasteiger partial charge in [-0.05, 0) is 37.9 Å². The van der Waals surface area contributed by atoms with Gasteiger partial charge in [0.25, 0.3) is 0 Å². The highest BCUT2D eigenvalue weighted by molar-refractivity contribution is 5.69. The molecule has 5 nitrogen and oxygen atoms in total. The van der Waals surface area contributed by atoms with Crippen molar-refractivity contribution >= 4 is 5.97 Å². The van der Waals surface area contributed by atoms with Crippen LogP contribution in [0.15, 0.2) is 30.3 Å². The molecule has 0 aromatic heterocycles. The topological polar surface area (TPSA) is 36.0 Å². The molecule has 0 N–H and O–H groups in total. The van der Waals surface area contributed by atoms with E-state index in [0.717, 1.165) is 64.2 Å².